The maximum Gasteiger partial charge on any atom is 0.472 e. The van der Waals surface area contributed by atoms with Gasteiger partial charge in [-0.25, -0.2) is 9.13 Å². The highest BCUT2D eigenvalue weighted by Crippen LogP contribution is 2.45. The van der Waals surface area contributed by atoms with Crippen LogP contribution in [-0.4, -0.2) is 96.7 Å². The fourth-order valence-electron chi connectivity index (χ4n) is 10.2. The average molecular weight is 1280 g/mol. The predicted molar refractivity (Wildman–Crippen MR) is 349 cm³/mol. The van der Waals surface area contributed by atoms with Crippen molar-refractivity contribution in [3.63, 3.8) is 0 Å². The van der Waals surface area contributed by atoms with Gasteiger partial charge in [0.15, 0.2) is 12.2 Å². The quantitative estimate of drug-likeness (QED) is 0.0222. The third-order valence-corrected chi connectivity index (χ3v) is 17.6. The Morgan fingerprint density at radius 3 is 0.782 bits per heavy atom. The molecule has 0 aromatic heterocycles. The first-order chi connectivity index (χ1) is 41.9. The summed E-state index contributed by atoms with van der Waals surface area (Å²) in [6.45, 7) is 9.45. The van der Waals surface area contributed by atoms with E-state index in [0.717, 1.165) is 121 Å². The van der Waals surface area contributed by atoms with E-state index in [4.69, 9.17) is 37.0 Å². The third-order valence-electron chi connectivity index (χ3n) is 15.7. The second-order valence-corrected chi connectivity index (χ2v) is 28.4. The first-order valence-electron chi connectivity index (χ1n) is 35.5. The van der Waals surface area contributed by atoms with Crippen LogP contribution in [0.3, 0.4) is 0 Å². The largest absolute Gasteiger partial charge is 0.472 e. The molecule has 0 saturated carbocycles. The van der Waals surface area contributed by atoms with Crippen molar-refractivity contribution in [3.8, 4) is 0 Å². The molecule has 0 radical (unpaired) electrons. The summed E-state index contributed by atoms with van der Waals surface area (Å²) in [6.07, 6.45) is 45.1. The highest BCUT2D eigenvalue weighted by Gasteiger charge is 2.30. The number of aliphatic hydroxyl groups excluding tert-OH is 1. The van der Waals surface area contributed by atoms with Crippen molar-refractivity contribution in [3.05, 3.63) is 0 Å². The molecule has 0 aromatic rings. The number of carbonyl (C=O) groups excluding carboxylic acids is 4. The molecule has 0 aliphatic carbocycles. The lowest BCUT2D eigenvalue weighted by Gasteiger charge is -2.21. The smallest absolute Gasteiger partial charge is 0.462 e. The number of phosphoric ester groups is 2. The van der Waals surface area contributed by atoms with Gasteiger partial charge in [0.1, 0.15) is 19.3 Å². The molecule has 0 bridgehead atoms. The molecule has 516 valence electrons. The first kappa shape index (κ1) is 85.1. The SMILES string of the molecule is CCCCCCCCCC(=O)O[C@H](COC(=O)CCCCCCC)COP(=O)(O)OC[C@H](O)COP(=O)(O)OC[C@@H](COC(=O)CCCCCCCCCCCCCCCC(C)C)OC(=O)CCCCCCCCCCCCCCCCCCC(C)C. The number of ether oxygens (including phenoxy) is 4. The van der Waals surface area contributed by atoms with Crippen LogP contribution in [0.1, 0.15) is 343 Å². The molecule has 0 saturated heterocycles. The minimum Gasteiger partial charge on any atom is -0.462 e. The van der Waals surface area contributed by atoms with E-state index >= 15 is 0 Å². The van der Waals surface area contributed by atoms with Gasteiger partial charge in [-0.05, 0) is 37.5 Å². The van der Waals surface area contributed by atoms with Gasteiger partial charge in [-0.3, -0.25) is 37.3 Å². The fourth-order valence-corrected chi connectivity index (χ4v) is 11.8. The van der Waals surface area contributed by atoms with Crippen molar-refractivity contribution in [1.82, 2.24) is 0 Å². The van der Waals surface area contributed by atoms with Crippen LogP contribution in [0.4, 0.5) is 0 Å². The maximum atomic E-state index is 13.0. The van der Waals surface area contributed by atoms with Crippen LogP contribution in [0.15, 0.2) is 0 Å². The van der Waals surface area contributed by atoms with E-state index in [0.29, 0.717) is 25.7 Å². The number of unbranched alkanes of at least 4 members (excludes halogenated alkanes) is 37. The van der Waals surface area contributed by atoms with Crippen LogP contribution in [0.5, 0.6) is 0 Å². The van der Waals surface area contributed by atoms with Gasteiger partial charge < -0.3 is 33.8 Å². The van der Waals surface area contributed by atoms with Crippen molar-refractivity contribution in [2.45, 2.75) is 362 Å². The molecule has 0 rings (SSSR count). The van der Waals surface area contributed by atoms with Crippen molar-refractivity contribution in [2.24, 2.45) is 11.8 Å². The number of rotatable bonds is 67. The minimum absolute atomic E-state index is 0.103. The maximum absolute atomic E-state index is 13.0. The van der Waals surface area contributed by atoms with Crippen LogP contribution in [0.2, 0.25) is 0 Å². The molecule has 19 heteroatoms. The summed E-state index contributed by atoms with van der Waals surface area (Å²) in [6, 6.07) is 0. The molecule has 0 fully saturated rings. The summed E-state index contributed by atoms with van der Waals surface area (Å²) >= 11 is 0. The van der Waals surface area contributed by atoms with Crippen molar-refractivity contribution in [2.75, 3.05) is 39.6 Å². The lowest BCUT2D eigenvalue weighted by molar-refractivity contribution is -0.161. The van der Waals surface area contributed by atoms with Gasteiger partial charge in [0.05, 0.1) is 26.4 Å². The van der Waals surface area contributed by atoms with Gasteiger partial charge in [-0.1, -0.05) is 292 Å². The molecule has 0 heterocycles. The van der Waals surface area contributed by atoms with E-state index in [1.807, 2.05) is 0 Å². The zero-order chi connectivity index (χ0) is 64.3. The van der Waals surface area contributed by atoms with E-state index < -0.39 is 97.5 Å². The monoisotopic (exact) mass is 1280 g/mol. The Morgan fingerprint density at radius 1 is 0.310 bits per heavy atom. The molecule has 2 unspecified atom stereocenters. The predicted octanol–water partition coefficient (Wildman–Crippen LogP) is 19.2. The van der Waals surface area contributed by atoms with Crippen molar-refractivity contribution in [1.29, 1.82) is 0 Å². The van der Waals surface area contributed by atoms with Crippen LogP contribution in [-0.2, 0) is 65.4 Å². The van der Waals surface area contributed by atoms with Gasteiger partial charge >= 0.3 is 39.5 Å². The minimum atomic E-state index is -4.95. The normalized spacial score (nSPS) is 14.2. The molecule has 0 spiro atoms. The lowest BCUT2D eigenvalue weighted by Crippen LogP contribution is -2.30. The topological polar surface area (TPSA) is 237 Å². The second-order valence-electron chi connectivity index (χ2n) is 25.5. The number of hydrogen-bond acceptors (Lipinski definition) is 15. The summed E-state index contributed by atoms with van der Waals surface area (Å²) in [4.78, 5) is 72.0. The van der Waals surface area contributed by atoms with Gasteiger partial charge in [-0.15, -0.1) is 0 Å². The molecular weight excluding hydrogens is 1150 g/mol. The summed E-state index contributed by atoms with van der Waals surface area (Å²) in [5.74, 6) is -0.543. The highest BCUT2D eigenvalue weighted by molar-refractivity contribution is 7.47. The highest BCUT2D eigenvalue weighted by atomic mass is 31.2. The summed E-state index contributed by atoms with van der Waals surface area (Å²) in [5.41, 5.74) is 0. The zero-order valence-corrected chi connectivity index (χ0v) is 58.1. The van der Waals surface area contributed by atoms with Gasteiger partial charge in [-0.2, -0.15) is 0 Å². The molecule has 5 atom stereocenters. The van der Waals surface area contributed by atoms with Crippen LogP contribution >= 0.6 is 15.6 Å². The van der Waals surface area contributed by atoms with E-state index in [1.165, 1.54) is 141 Å². The number of esters is 4. The van der Waals surface area contributed by atoms with Crippen molar-refractivity contribution >= 4 is 39.5 Å². The lowest BCUT2D eigenvalue weighted by atomic mass is 10.0. The molecule has 0 aliphatic heterocycles. The number of hydrogen-bond donors (Lipinski definition) is 3. The Hall–Kier alpha value is -1.94. The number of phosphoric acid groups is 2. The Morgan fingerprint density at radius 2 is 0.529 bits per heavy atom. The van der Waals surface area contributed by atoms with E-state index in [-0.39, 0.29) is 25.7 Å². The fraction of sp³-hybridized carbons (Fsp3) is 0.941. The number of carbonyl (C=O) groups is 4. The van der Waals surface area contributed by atoms with Gasteiger partial charge in [0, 0.05) is 25.7 Å². The van der Waals surface area contributed by atoms with Crippen LogP contribution in [0.25, 0.3) is 0 Å². The molecule has 17 nitrogen and oxygen atoms in total. The van der Waals surface area contributed by atoms with Gasteiger partial charge in [0.2, 0.25) is 0 Å². The molecule has 0 amide bonds. The van der Waals surface area contributed by atoms with E-state index in [9.17, 15) is 43.2 Å². The van der Waals surface area contributed by atoms with Crippen LogP contribution < -0.4 is 0 Å². The van der Waals surface area contributed by atoms with E-state index in [2.05, 4.69) is 41.5 Å². The summed E-state index contributed by atoms with van der Waals surface area (Å²) in [5, 5.41) is 10.5. The molecule has 3 N–H and O–H groups in total. The summed E-state index contributed by atoms with van der Waals surface area (Å²) in [7, 11) is -9.88. The Kier molecular flexibility index (Phi) is 59.0. The molecular formula is C68H132O17P2. The zero-order valence-electron chi connectivity index (χ0n) is 56.3. The Bertz CT molecular complexity index is 1700. The standard InChI is InChI=1S/C68H132O17P2/c1-7-9-11-13-31-40-46-52-67(72)84-63(56-78-65(70)50-44-36-12-10-8-2)58-82-86(74,75)80-54-62(69)55-81-87(76,77)83-59-64(57-79-66(71)51-45-39-34-29-25-22-18-20-24-28-33-38-43-49-61(5)6)85-68(73)53-47-41-35-30-26-21-17-15-14-16-19-23-27-32-37-42-48-60(3)4/h60-64,69H,7-59H2,1-6H3,(H,74,75)(H,76,77)/t62-,63+,64+/m0/s1. The van der Waals surface area contributed by atoms with Gasteiger partial charge in [0.25, 0.3) is 0 Å². The second kappa shape index (κ2) is 60.3. The first-order valence-corrected chi connectivity index (χ1v) is 38.5. The number of aliphatic hydroxyl groups is 1. The molecule has 0 aliphatic rings. The molecule has 0 aromatic carbocycles. The van der Waals surface area contributed by atoms with E-state index in [1.54, 1.807) is 0 Å². The Labute approximate surface area is 530 Å². The van der Waals surface area contributed by atoms with Crippen LogP contribution in [0, 0.1) is 11.8 Å². The third kappa shape index (κ3) is 62.6. The van der Waals surface area contributed by atoms with Crippen molar-refractivity contribution < 1.29 is 80.2 Å². The average Bonchev–Trinajstić information content (AvgIpc) is 3.61. The Balaban J connectivity index is 5.11. The molecule has 87 heavy (non-hydrogen) atoms. The summed E-state index contributed by atoms with van der Waals surface area (Å²) < 4.78 is 67.8.